The van der Waals surface area contributed by atoms with Gasteiger partial charge in [0.15, 0.2) is 11.0 Å². The van der Waals surface area contributed by atoms with Crippen LogP contribution in [-0.2, 0) is 12.3 Å². The fourth-order valence-corrected chi connectivity index (χ4v) is 3.66. The predicted octanol–water partition coefficient (Wildman–Crippen LogP) is 4.35. The van der Waals surface area contributed by atoms with E-state index in [2.05, 4.69) is 21.7 Å². The highest BCUT2D eigenvalue weighted by atomic mass is 32.2. The number of carboxylic acids is 1. The highest BCUT2D eigenvalue weighted by Gasteiger charge is 2.16. The molecule has 0 saturated carbocycles. The molecule has 0 radical (unpaired) electrons. The number of nitrogens with zero attached hydrogens (tertiary/aromatic N) is 3. The first-order valence-electron chi connectivity index (χ1n) is 8.74. The van der Waals surface area contributed by atoms with E-state index in [-0.39, 0.29) is 5.56 Å². The van der Waals surface area contributed by atoms with Crippen LogP contribution in [0.4, 0.5) is 0 Å². The maximum absolute atomic E-state index is 10.9. The van der Waals surface area contributed by atoms with Gasteiger partial charge in [0.2, 0.25) is 0 Å². The topological polar surface area (TPSA) is 77.2 Å². The summed E-state index contributed by atoms with van der Waals surface area (Å²) in [5, 5.41) is 18.5. The van der Waals surface area contributed by atoms with Gasteiger partial charge < -0.3 is 14.4 Å². The first kappa shape index (κ1) is 19.0. The summed E-state index contributed by atoms with van der Waals surface area (Å²) in [6.07, 6.45) is 0. The van der Waals surface area contributed by atoms with Gasteiger partial charge in [0.1, 0.15) is 5.75 Å². The second-order valence-electron chi connectivity index (χ2n) is 5.77. The SMILES string of the molecule is CCOc1ccccc1-c1nnc(SCc2ccc(C(=O)O)cc2)n1CC. The van der Waals surface area contributed by atoms with Gasteiger partial charge in [-0.1, -0.05) is 36.0 Å². The van der Waals surface area contributed by atoms with E-state index in [0.29, 0.717) is 12.4 Å². The first-order chi connectivity index (χ1) is 13.1. The normalized spacial score (nSPS) is 10.7. The van der Waals surface area contributed by atoms with Crippen LogP contribution < -0.4 is 4.74 Å². The summed E-state index contributed by atoms with van der Waals surface area (Å²) in [5.74, 6) is 1.34. The van der Waals surface area contributed by atoms with Gasteiger partial charge in [0, 0.05) is 12.3 Å². The van der Waals surface area contributed by atoms with E-state index in [4.69, 9.17) is 9.84 Å². The van der Waals surface area contributed by atoms with E-state index < -0.39 is 5.97 Å². The van der Waals surface area contributed by atoms with Gasteiger partial charge in [-0.05, 0) is 43.7 Å². The Morgan fingerprint density at radius 1 is 1.11 bits per heavy atom. The maximum atomic E-state index is 10.9. The lowest BCUT2D eigenvalue weighted by Crippen LogP contribution is -2.02. The number of thioether (sulfide) groups is 1. The Morgan fingerprint density at radius 2 is 1.85 bits per heavy atom. The van der Waals surface area contributed by atoms with Crippen LogP contribution in [0.15, 0.2) is 53.7 Å². The van der Waals surface area contributed by atoms with Crippen LogP contribution in [0.3, 0.4) is 0 Å². The monoisotopic (exact) mass is 383 g/mol. The molecular formula is C20H21N3O3S. The van der Waals surface area contributed by atoms with Crippen LogP contribution in [0.1, 0.15) is 29.8 Å². The number of aromatic nitrogens is 3. The number of carbonyl (C=O) groups is 1. The van der Waals surface area contributed by atoms with Crippen molar-refractivity contribution in [2.45, 2.75) is 31.3 Å². The predicted molar refractivity (Wildman–Crippen MR) is 105 cm³/mol. The van der Waals surface area contributed by atoms with Crippen LogP contribution >= 0.6 is 11.8 Å². The number of benzene rings is 2. The highest BCUT2D eigenvalue weighted by molar-refractivity contribution is 7.98. The van der Waals surface area contributed by atoms with Gasteiger partial charge in [-0.2, -0.15) is 0 Å². The van der Waals surface area contributed by atoms with Gasteiger partial charge >= 0.3 is 5.97 Å². The molecular weight excluding hydrogens is 362 g/mol. The summed E-state index contributed by atoms with van der Waals surface area (Å²) in [5.41, 5.74) is 2.24. The van der Waals surface area contributed by atoms with Gasteiger partial charge in [-0.15, -0.1) is 10.2 Å². The van der Waals surface area contributed by atoms with Crippen LogP contribution in [-0.4, -0.2) is 32.4 Å². The van der Waals surface area contributed by atoms with Crippen LogP contribution in [0.25, 0.3) is 11.4 Å². The molecule has 3 rings (SSSR count). The number of carboxylic acid groups (broad SMARTS) is 1. The molecule has 1 N–H and O–H groups in total. The van der Waals surface area contributed by atoms with Crippen LogP contribution in [0, 0.1) is 0 Å². The van der Waals surface area contributed by atoms with E-state index in [1.165, 1.54) is 0 Å². The Bertz CT molecular complexity index is 922. The number of hydrogen-bond donors (Lipinski definition) is 1. The van der Waals surface area contributed by atoms with E-state index >= 15 is 0 Å². The average molecular weight is 383 g/mol. The van der Waals surface area contributed by atoms with Crippen molar-refractivity contribution in [3.63, 3.8) is 0 Å². The molecule has 3 aromatic rings. The number of rotatable bonds is 8. The van der Waals surface area contributed by atoms with Crippen molar-refractivity contribution in [1.82, 2.24) is 14.8 Å². The van der Waals surface area contributed by atoms with E-state index in [1.807, 2.05) is 43.3 Å². The summed E-state index contributed by atoms with van der Waals surface area (Å²) in [7, 11) is 0. The molecule has 0 saturated heterocycles. The largest absolute Gasteiger partial charge is 0.493 e. The Balaban J connectivity index is 1.81. The molecule has 0 atom stereocenters. The molecule has 0 unspecified atom stereocenters. The van der Waals surface area contributed by atoms with Crippen LogP contribution in [0.2, 0.25) is 0 Å². The lowest BCUT2D eigenvalue weighted by molar-refractivity contribution is 0.0697. The van der Waals surface area contributed by atoms with Crippen molar-refractivity contribution in [2.24, 2.45) is 0 Å². The Kier molecular flexibility index (Phi) is 6.13. The Morgan fingerprint density at radius 3 is 2.52 bits per heavy atom. The highest BCUT2D eigenvalue weighted by Crippen LogP contribution is 2.31. The van der Waals surface area contributed by atoms with E-state index in [9.17, 15) is 4.79 Å². The summed E-state index contributed by atoms with van der Waals surface area (Å²) in [6, 6.07) is 14.7. The van der Waals surface area contributed by atoms with Crippen molar-refractivity contribution >= 4 is 17.7 Å². The molecule has 1 heterocycles. The molecule has 0 fully saturated rings. The molecule has 0 aliphatic rings. The summed E-state index contributed by atoms with van der Waals surface area (Å²) in [4.78, 5) is 10.9. The van der Waals surface area contributed by atoms with Crippen molar-refractivity contribution in [3.8, 4) is 17.1 Å². The zero-order valence-electron chi connectivity index (χ0n) is 15.3. The van der Waals surface area contributed by atoms with Crippen LogP contribution in [0.5, 0.6) is 5.75 Å². The number of ether oxygens (including phenoxy) is 1. The fourth-order valence-electron chi connectivity index (χ4n) is 2.70. The molecule has 0 spiro atoms. The molecule has 2 aromatic carbocycles. The quantitative estimate of drug-likeness (QED) is 0.583. The molecule has 0 amide bonds. The average Bonchev–Trinajstić information content (AvgIpc) is 3.10. The summed E-state index contributed by atoms with van der Waals surface area (Å²) in [6.45, 7) is 5.34. The lowest BCUT2D eigenvalue weighted by Gasteiger charge is -2.11. The lowest BCUT2D eigenvalue weighted by atomic mass is 10.1. The standard InChI is InChI=1S/C20H21N3O3S/c1-3-23-18(16-7-5-6-8-17(16)26-4-2)21-22-20(23)27-13-14-9-11-15(12-10-14)19(24)25/h5-12H,3-4,13H2,1-2H3,(H,24,25). The molecule has 7 heteroatoms. The van der Waals surface area contributed by atoms with Gasteiger partial charge in [-0.25, -0.2) is 4.79 Å². The first-order valence-corrected chi connectivity index (χ1v) is 9.73. The minimum Gasteiger partial charge on any atom is -0.493 e. The number of para-hydroxylation sites is 1. The minimum atomic E-state index is -0.919. The van der Waals surface area contributed by atoms with Gasteiger partial charge in [-0.3, -0.25) is 0 Å². The van der Waals surface area contributed by atoms with Crippen molar-refractivity contribution < 1.29 is 14.6 Å². The summed E-state index contributed by atoms with van der Waals surface area (Å²) >= 11 is 1.57. The zero-order valence-corrected chi connectivity index (χ0v) is 16.1. The molecule has 0 aliphatic heterocycles. The molecule has 0 bridgehead atoms. The summed E-state index contributed by atoms with van der Waals surface area (Å²) < 4.78 is 7.79. The number of aromatic carboxylic acids is 1. The fraction of sp³-hybridized carbons (Fsp3) is 0.250. The molecule has 1 aromatic heterocycles. The third kappa shape index (κ3) is 4.31. The third-order valence-corrected chi connectivity index (χ3v) is 5.07. The zero-order chi connectivity index (χ0) is 19.2. The van der Waals surface area contributed by atoms with Gasteiger partial charge in [0.05, 0.1) is 17.7 Å². The number of hydrogen-bond acceptors (Lipinski definition) is 5. The van der Waals surface area contributed by atoms with Crippen molar-refractivity contribution in [3.05, 3.63) is 59.7 Å². The van der Waals surface area contributed by atoms with Gasteiger partial charge in [0.25, 0.3) is 0 Å². The minimum absolute atomic E-state index is 0.287. The maximum Gasteiger partial charge on any atom is 0.335 e. The Labute approximate surface area is 162 Å². The molecule has 140 valence electrons. The second-order valence-corrected chi connectivity index (χ2v) is 6.71. The molecule has 27 heavy (non-hydrogen) atoms. The third-order valence-electron chi connectivity index (χ3n) is 4.03. The molecule has 6 nitrogen and oxygen atoms in total. The Hall–Kier alpha value is -2.80. The second kappa shape index (κ2) is 8.73. The van der Waals surface area contributed by atoms with E-state index in [0.717, 1.165) is 34.4 Å². The van der Waals surface area contributed by atoms with Crippen molar-refractivity contribution in [1.29, 1.82) is 0 Å². The molecule has 0 aliphatic carbocycles. The van der Waals surface area contributed by atoms with Crippen molar-refractivity contribution in [2.75, 3.05) is 6.61 Å². The smallest absolute Gasteiger partial charge is 0.335 e. The van der Waals surface area contributed by atoms with E-state index in [1.54, 1.807) is 23.9 Å².